The summed E-state index contributed by atoms with van der Waals surface area (Å²) in [6.45, 7) is 0. The van der Waals surface area contributed by atoms with Gasteiger partial charge < -0.3 is 4.74 Å². The first kappa shape index (κ1) is 12.8. The summed E-state index contributed by atoms with van der Waals surface area (Å²) in [4.78, 5) is 22.7. The Morgan fingerprint density at radius 2 is 1.84 bits per heavy atom. The highest BCUT2D eigenvalue weighted by molar-refractivity contribution is 6.11. The zero-order valence-electron chi connectivity index (χ0n) is 10.2. The van der Waals surface area contributed by atoms with E-state index in [4.69, 9.17) is 4.74 Å². The van der Waals surface area contributed by atoms with Crippen LogP contribution in [0.15, 0.2) is 48.5 Å². The van der Waals surface area contributed by atoms with Crippen molar-refractivity contribution in [1.82, 2.24) is 0 Å². The van der Waals surface area contributed by atoms with E-state index in [1.54, 1.807) is 30.3 Å². The minimum Gasteiger partial charge on any atom is -0.497 e. The van der Waals surface area contributed by atoms with Gasteiger partial charge in [-0.1, -0.05) is 30.3 Å². The molecule has 2 aromatic carbocycles. The lowest BCUT2D eigenvalue weighted by atomic mass is 10.0. The molecule has 0 N–H and O–H groups in total. The van der Waals surface area contributed by atoms with E-state index in [-0.39, 0.29) is 11.3 Å². The van der Waals surface area contributed by atoms with Crippen molar-refractivity contribution in [2.24, 2.45) is 0 Å². The molecule has 0 aromatic heterocycles. The van der Waals surface area contributed by atoms with Crippen LogP contribution in [0.2, 0.25) is 0 Å². The Hall–Kier alpha value is -2.69. The highest BCUT2D eigenvalue weighted by Gasteiger charge is 2.21. The van der Waals surface area contributed by atoms with Gasteiger partial charge in [-0.2, -0.15) is 0 Å². The third kappa shape index (κ3) is 2.60. The van der Waals surface area contributed by atoms with Crippen LogP contribution in [0.3, 0.4) is 0 Å². The van der Waals surface area contributed by atoms with Gasteiger partial charge in [0.15, 0.2) is 5.78 Å². The molecule has 0 amide bonds. The summed E-state index contributed by atoms with van der Waals surface area (Å²) in [7, 11) is 1.44. The second-order valence-electron chi connectivity index (χ2n) is 3.84. The molecule has 0 heterocycles. The van der Waals surface area contributed by atoms with E-state index in [2.05, 4.69) is 0 Å². The molecule has 0 saturated heterocycles. The number of ether oxygens (including phenoxy) is 1. The third-order valence-electron chi connectivity index (χ3n) is 2.68. The van der Waals surface area contributed by atoms with Crippen LogP contribution in [0.25, 0.3) is 0 Å². The van der Waals surface area contributed by atoms with Gasteiger partial charge in [0, 0.05) is 11.6 Å². The van der Waals surface area contributed by atoms with Crippen molar-refractivity contribution in [1.29, 1.82) is 0 Å². The highest BCUT2D eigenvalue weighted by Crippen LogP contribution is 2.26. The van der Waals surface area contributed by atoms with Crippen LogP contribution in [-0.4, -0.2) is 17.8 Å². The lowest BCUT2D eigenvalue weighted by molar-refractivity contribution is -0.385. The second-order valence-corrected chi connectivity index (χ2v) is 3.84. The summed E-state index contributed by atoms with van der Waals surface area (Å²) in [5.41, 5.74) is 0.198. The van der Waals surface area contributed by atoms with Gasteiger partial charge in [-0.05, 0) is 12.1 Å². The smallest absolute Gasteiger partial charge is 0.280 e. The van der Waals surface area contributed by atoms with Crippen LogP contribution in [0.5, 0.6) is 5.75 Å². The Morgan fingerprint density at radius 1 is 1.16 bits per heavy atom. The van der Waals surface area contributed by atoms with E-state index < -0.39 is 10.7 Å². The lowest BCUT2D eigenvalue weighted by Gasteiger charge is -2.05. The summed E-state index contributed by atoms with van der Waals surface area (Å²) < 4.78 is 5.00. The molecular weight excluding hydrogens is 246 g/mol. The number of benzene rings is 2. The molecule has 0 aliphatic heterocycles. The van der Waals surface area contributed by atoms with Crippen LogP contribution >= 0.6 is 0 Å². The van der Waals surface area contributed by atoms with Gasteiger partial charge in [-0.3, -0.25) is 14.9 Å². The fourth-order valence-corrected chi connectivity index (χ4v) is 1.73. The maximum Gasteiger partial charge on any atom is 0.280 e. The molecule has 96 valence electrons. The molecule has 0 aliphatic rings. The largest absolute Gasteiger partial charge is 0.497 e. The van der Waals surface area contributed by atoms with Crippen LogP contribution in [-0.2, 0) is 0 Å². The van der Waals surface area contributed by atoms with Crippen LogP contribution < -0.4 is 4.74 Å². The topological polar surface area (TPSA) is 69.4 Å². The number of nitro benzene ring substituents is 1. The van der Waals surface area contributed by atoms with Gasteiger partial charge in [0.25, 0.3) is 5.69 Å². The SMILES string of the molecule is COc1ccc([N+](=O)[O-])c(C(=O)c2ccccc2)c1. The Morgan fingerprint density at radius 3 is 2.42 bits per heavy atom. The molecule has 0 saturated carbocycles. The zero-order valence-corrected chi connectivity index (χ0v) is 10.2. The first-order valence-electron chi connectivity index (χ1n) is 5.55. The molecule has 0 unspecified atom stereocenters. The van der Waals surface area contributed by atoms with Crippen LogP contribution in [0.4, 0.5) is 5.69 Å². The second kappa shape index (κ2) is 5.30. The van der Waals surface area contributed by atoms with E-state index in [0.29, 0.717) is 11.3 Å². The average Bonchev–Trinajstić information content (AvgIpc) is 2.46. The number of nitro groups is 1. The predicted molar refractivity (Wildman–Crippen MR) is 69.5 cm³/mol. The fourth-order valence-electron chi connectivity index (χ4n) is 1.73. The standard InChI is InChI=1S/C14H11NO4/c1-19-11-7-8-13(15(17)18)12(9-11)14(16)10-5-3-2-4-6-10/h2-9H,1H3. The normalized spacial score (nSPS) is 9.95. The van der Waals surface area contributed by atoms with Gasteiger partial charge in [0.2, 0.25) is 0 Å². The van der Waals surface area contributed by atoms with Crippen molar-refractivity contribution >= 4 is 11.5 Å². The quantitative estimate of drug-likeness (QED) is 0.479. The Labute approximate surface area is 109 Å². The monoisotopic (exact) mass is 257 g/mol. The maximum atomic E-state index is 12.3. The predicted octanol–water partition coefficient (Wildman–Crippen LogP) is 2.83. The number of nitrogens with zero attached hydrogens (tertiary/aromatic N) is 1. The fraction of sp³-hybridized carbons (Fsp3) is 0.0714. The number of hydrogen-bond donors (Lipinski definition) is 0. The maximum absolute atomic E-state index is 12.3. The van der Waals surface area contributed by atoms with E-state index in [9.17, 15) is 14.9 Å². The highest BCUT2D eigenvalue weighted by atomic mass is 16.6. The number of ketones is 1. The molecule has 5 nitrogen and oxygen atoms in total. The lowest BCUT2D eigenvalue weighted by Crippen LogP contribution is -2.05. The van der Waals surface area contributed by atoms with E-state index in [1.807, 2.05) is 0 Å². The third-order valence-corrected chi connectivity index (χ3v) is 2.68. The average molecular weight is 257 g/mol. The molecule has 19 heavy (non-hydrogen) atoms. The number of methoxy groups -OCH3 is 1. The van der Waals surface area contributed by atoms with Crippen LogP contribution in [0, 0.1) is 10.1 Å². The Balaban J connectivity index is 2.54. The summed E-state index contributed by atoms with van der Waals surface area (Å²) in [5, 5.41) is 11.0. The summed E-state index contributed by atoms with van der Waals surface area (Å²) in [5.74, 6) is 0.0103. The van der Waals surface area contributed by atoms with Gasteiger partial charge in [0.05, 0.1) is 12.0 Å². The molecule has 5 heteroatoms. The van der Waals surface area contributed by atoms with Crippen LogP contribution in [0.1, 0.15) is 15.9 Å². The van der Waals surface area contributed by atoms with Crippen molar-refractivity contribution in [3.8, 4) is 5.75 Å². The summed E-state index contributed by atoms with van der Waals surface area (Å²) >= 11 is 0. The zero-order chi connectivity index (χ0) is 13.8. The first-order valence-corrected chi connectivity index (χ1v) is 5.55. The number of carbonyl (C=O) groups excluding carboxylic acids is 1. The number of rotatable bonds is 4. The number of carbonyl (C=O) groups is 1. The number of hydrogen-bond acceptors (Lipinski definition) is 4. The molecule has 0 radical (unpaired) electrons. The van der Waals surface area contributed by atoms with Crippen molar-refractivity contribution in [3.63, 3.8) is 0 Å². The van der Waals surface area contributed by atoms with E-state index in [1.165, 1.54) is 25.3 Å². The molecule has 2 aromatic rings. The molecule has 0 fully saturated rings. The minimum absolute atomic E-state index is 0.0237. The molecule has 0 atom stereocenters. The Bertz CT molecular complexity index is 623. The molecule has 0 bridgehead atoms. The molecule has 2 rings (SSSR count). The van der Waals surface area contributed by atoms with Crippen molar-refractivity contribution in [2.45, 2.75) is 0 Å². The van der Waals surface area contributed by atoms with Gasteiger partial charge in [-0.15, -0.1) is 0 Å². The summed E-state index contributed by atoms with van der Waals surface area (Å²) in [6, 6.07) is 12.5. The molecular formula is C14H11NO4. The van der Waals surface area contributed by atoms with Gasteiger partial charge in [0.1, 0.15) is 11.3 Å². The van der Waals surface area contributed by atoms with Crippen molar-refractivity contribution in [3.05, 3.63) is 69.8 Å². The van der Waals surface area contributed by atoms with E-state index in [0.717, 1.165) is 0 Å². The van der Waals surface area contributed by atoms with E-state index >= 15 is 0 Å². The molecule has 0 spiro atoms. The van der Waals surface area contributed by atoms with Gasteiger partial charge >= 0.3 is 0 Å². The minimum atomic E-state index is -0.574. The van der Waals surface area contributed by atoms with Crippen molar-refractivity contribution in [2.75, 3.05) is 7.11 Å². The Kier molecular flexibility index (Phi) is 3.56. The van der Waals surface area contributed by atoms with Crippen molar-refractivity contribution < 1.29 is 14.5 Å². The first-order chi connectivity index (χ1) is 9.13. The molecule has 0 aliphatic carbocycles. The van der Waals surface area contributed by atoms with Gasteiger partial charge in [-0.25, -0.2) is 0 Å². The summed E-state index contributed by atoms with van der Waals surface area (Å²) in [6.07, 6.45) is 0.